The van der Waals surface area contributed by atoms with Gasteiger partial charge < -0.3 is 14.2 Å². The fraction of sp³-hybridized carbons (Fsp3) is 0.526. The average molecular weight is 414 g/mol. The third-order valence-corrected chi connectivity index (χ3v) is 3.12. The van der Waals surface area contributed by atoms with Crippen molar-refractivity contribution < 1.29 is 23.8 Å². The van der Waals surface area contributed by atoms with Gasteiger partial charge in [0.2, 0.25) is 5.96 Å². The lowest BCUT2D eigenvalue weighted by molar-refractivity contribution is 0.0545. The first-order chi connectivity index (χ1) is 12.8. The Morgan fingerprint density at radius 2 is 1.50 bits per heavy atom. The van der Waals surface area contributed by atoms with Crippen LogP contribution in [0.25, 0.3) is 0 Å². The molecule has 1 rings (SSSR count). The number of nitrogens with zero attached hydrogens (tertiary/aromatic N) is 1. The Morgan fingerprint density at radius 1 is 1.00 bits per heavy atom. The number of carbonyl (C=O) groups is 2. The van der Waals surface area contributed by atoms with Gasteiger partial charge in [0.1, 0.15) is 17.0 Å². The zero-order valence-corrected chi connectivity index (χ0v) is 18.1. The van der Waals surface area contributed by atoms with E-state index in [0.29, 0.717) is 16.3 Å². The van der Waals surface area contributed by atoms with Crippen molar-refractivity contribution in [3.8, 4) is 5.75 Å². The Balaban J connectivity index is 3.01. The van der Waals surface area contributed by atoms with Gasteiger partial charge in [0.05, 0.1) is 13.7 Å². The number of carbonyl (C=O) groups excluding carboxylic acids is 2. The number of alkyl carbamates (subject to hydrolysis) is 2. The van der Waals surface area contributed by atoms with E-state index < -0.39 is 23.4 Å². The molecule has 0 aliphatic rings. The van der Waals surface area contributed by atoms with Gasteiger partial charge >= 0.3 is 12.2 Å². The highest BCUT2D eigenvalue weighted by molar-refractivity contribution is 6.30. The van der Waals surface area contributed by atoms with Crippen LogP contribution >= 0.6 is 11.6 Å². The second-order valence-corrected chi connectivity index (χ2v) is 8.31. The van der Waals surface area contributed by atoms with Gasteiger partial charge in [0, 0.05) is 10.6 Å². The molecule has 0 atom stereocenters. The lowest BCUT2D eigenvalue weighted by Gasteiger charge is -2.22. The highest BCUT2D eigenvalue weighted by Crippen LogP contribution is 2.23. The van der Waals surface area contributed by atoms with Crippen molar-refractivity contribution in [1.29, 1.82) is 0 Å². The number of amides is 2. The third kappa shape index (κ3) is 9.45. The molecule has 0 aliphatic heterocycles. The van der Waals surface area contributed by atoms with E-state index in [4.69, 9.17) is 25.8 Å². The first-order valence-corrected chi connectivity index (χ1v) is 9.04. The minimum absolute atomic E-state index is 0.0880. The molecule has 1 aromatic carbocycles. The molecule has 0 unspecified atom stereocenters. The first-order valence-electron chi connectivity index (χ1n) is 8.66. The molecule has 156 valence electrons. The number of nitrogens with one attached hydrogen (secondary N) is 2. The maximum absolute atomic E-state index is 12.1. The maximum atomic E-state index is 12.1. The number of ether oxygens (including phenoxy) is 3. The normalized spacial score (nSPS) is 11.3. The predicted octanol–water partition coefficient (Wildman–Crippen LogP) is 4.25. The average Bonchev–Trinajstić information content (AvgIpc) is 2.49. The van der Waals surface area contributed by atoms with Crippen LogP contribution in [0.1, 0.15) is 47.1 Å². The molecule has 28 heavy (non-hydrogen) atoms. The van der Waals surface area contributed by atoms with E-state index in [0.717, 1.165) is 0 Å². The van der Waals surface area contributed by atoms with Gasteiger partial charge in [0.15, 0.2) is 0 Å². The van der Waals surface area contributed by atoms with Gasteiger partial charge in [0.25, 0.3) is 0 Å². The van der Waals surface area contributed by atoms with Crippen LogP contribution in [-0.4, -0.2) is 36.5 Å². The van der Waals surface area contributed by atoms with Crippen molar-refractivity contribution in [1.82, 2.24) is 10.6 Å². The molecule has 0 spiro atoms. The molecule has 0 radical (unpaired) electrons. The summed E-state index contributed by atoms with van der Waals surface area (Å²) in [5.41, 5.74) is -0.751. The minimum Gasteiger partial charge on any atom is -0.496 e. The number of benzene rings is 1. The molecule has 8 nitrogen and oxygen atoms in total. The van der Waals surface area contributed by atoms with E-state index in [1.54, 1.807) is 59.7 Å². The van der Waals surface area contributed by atoms with Gasteiger partial charge in [-0.2, -0.15) is 0 Å². The van der Waals surface area contributed by atoms with Crippen LogP contribution < -0.4 is 15.4 Å². The van der Waals surface area contributed by atoms with Gasteiger partial charge in [-0.25, -0.2) is 14.6 Å². The molecule has 0 saturated carbocycles. The number of methoxy groups -OCH3 is 1. The van der Waals surface area contributed by atoms with E-state index >= 15 is 0 Å². The van der Waals surface area contributed by atoms with Crippen LogP contribution in [0.3, 0.4) is 0 Å². The maximum Gasteiger partial charge on any atom is 0.414 e. The van der Waals surface area contributed by atoms with E-state index in [2.05, 4.69) is 15.6 Å². The van der Waals surface area contributed by atoms with Crippen molar-refractivity contribution in [3.05, 3.63) is 28.8 Å². The summed E-state index contributed by atoms with van der Waals surface area (Å²) in [4.78, 5) is 28.4. The summed E-state index contributed by atoms with van der Waals surface area (Å²) in [6, 6.07) is 5.07. The van der Waals surface area contributed by atoms with E-state index in [-0.39, 0.29) is 12.5 Å². The molecular formula is C19H28ClN3O5. The van der Waals surface area contributed by atoms with E-state index in [1.165, 1.54) is 7.11 Å². The molecule has 0 saturated heterocycles. The second-order valence-electron chi connectivity index (χ2n) is 7.87. The number of halogens is 1. The quantitative estimate of drug-likeness (QED) is 0.570. The van der Waals surface area contributed by atoms with Crippen LogP contribution in [-0.2, 0) is 16.0 Å². The second kappa shape index (κ2) is 9.64. The molecule has 2 amide bonds. The predicted molar refractivity (Wildman–Crippen MR) is 108 cm³/mol. The first kappa shape index (κ1) is 23.6. The topological polar surface area (TPSA) is 98.3 Å². The number of hydrogen-bond acceptors (Lipinski definition) is 6. The largest absolute Gasteiger partial charge is 0.496 e. The fourth-order valence-corrected chi connectivity index (χ4v) is 2.14. The van der Waals surface area contributed by atoms with Crippen molar-refractivity contribution in [2.75, 3.05) is 7.11 Å². The Labute approximate surface area is 170 Å². The van der Waals surface area contributed by atoms with Crippen LogP contribution in [0.5, 0.6) is 5.75 Å². The molecule has 2 N–H and O–H groups in total. The smallest absolute Gasteiger partial charge is 0.414 e. The zero-order valence-electron chi connectivity index (χ0n) is 17.3. The zero-order chi connectivity index (χ0) is 21.5. The van der Waals surface area contributed by atoms with Crippen LogP contribution in [0.4, 0.5) is 9.59 Å². The minimum atomic E-state index is -0.764. The van der Waals surface area contributed by atoms with Crippen LogP contribution in [0.15, 0.2) is 23.2 Å². The summed E-state index contributed by atoms with van der Waals surface area (Å²) in [5, 5.41) is 5.34. The number of guanidine groups is 1. The molecular weight excluding hydrogens is 386 g/mol. The SMILES string of the molecule is COc1ccc(Cl)cc1CN=C(NC(=O)OC(C)(C)C)NC(=O)OC(C)(C)C. The highest BCUT2D eigenvalue weighted by Gasteiger charge is 2.21. The van der Waals surface area contributed by atoms with Gasteiger partial charge in [-0.15, -0.1) is 0 Å². The summed E-state index contributed by atoms with van der Waals surface area (Å²) in [7, 11) is 1.52. The Morgan fingerprint density at radius 3 is 1.93 bits per heavy atom. The summed E-state index contributed by atoms with van der Waals surface area (Å²) in [6.45, 7) is 10.4. The van der Waals surface area contributed by atoms with Crippen LogP contribution in [0, 0.1) is 0 Å². The number of hydrogen-bond donors (Lipinski definition) is 2. The molecule has 0 aliphatic carbocycles. The van der Waals surface area contributed by atoms with E-state index in [9.17, 15) is 9.59 Å². The Bertz CT molecular complexity index is 704. The van der Waals surface area contributed by atoms with Crippen molar-refractivity contribution in [3.63, 3.8) is 0 Å². The van der Waals surface area contributed by atoms with Gasteiger partial charge in [-0.1, -0.05) is 11.6 Å². The Hall–Kier alpha value is -2.48. The summed E-state index contributed by atoms with van der Waals surface area (Å²) >= 11 is 6.02. The Kier molecular flexibility index (Phi) is 8.11. The molecule has 0 heterocycles. The highest BCUT2D eigenvalue weighted by atomic mass is 35.5. The third-order valence-electron chi connectivity index (χ3n) is 2.89. The molecule has 0 aromatic heterocycles. The number of aliphatic imine (C=N–C) groups is 1. The fourth-order valence-electron chi connectivity index (χ4n) is 1.95. The lowest BCUT2D eigenvalue weighted by atomic mass is 10.2. The standard InChI is InChI=1S/C19H28ClN3O5/c1-18(2,3)27-16(24)22-15(23-17(25)28-19(4,5)6)21-11-12-10-13(20)8-9-14(12)26-7/h8-10H,11H2,1-7H3,(H2,21,22,23,24,25). The molecule has 0 fully saturated rings. The molecule has 0 bridgehead atoms. The molecule has 1 aromatic rings. The summed E-state index contributed by atoms with van der Waals surface area (Å²) < 4.78 is 15.7. The van der Waals surface area contributed by atoms with Crippen molar-refractivity contribution >= 4 is 29.7 Å². The van der Waals surface area contributed by atoms with Crippen molar-refractivity contribution in [2.45, 2.75) is 59.3 Å². The van der Waals surface area contributed by atoms with Crippen LogP contribution in [0.2, 0.25) is 5.02 Å². The summed E-state index contributed by atoms with van der Waals surface area (Å²) in [5.74, 6) is 0.451. The monoisotopic (exact) mass is 413 g/mol. The summed E-state index contributed by atoms with van der Waals surface area (Å²) in [6.07, 6.45) is -1.53. The van der Waals surface area contributed by atoms with Gasteiger partial charge in [-0.3, -0.25) is 10.6 Å². The molecule has 9 heteroatoms. The lowest BCUT2D eigenvalue weighted by Crippen LogP contribution is -2.47. The van der Waals surface area contributed by atoms with Crippen molar-refractivity contribution in [2.24, 2.45) is 4.99 Å². The number of rotatable bonds is 3. The van der Waals surface area contributed by atoms with Gasteiger partial charge in [-0.05, 0) is 59.7 Å². The van der Waals surface area contributed by atoms with E-state index in [1.807, 2.05) is 0 Å².